The zero-order valence-corrected chi connectivity index (χ0v) is 15.5. The van der Waals surface area contributed by atoms with Crippen LogP contribution < -0.4 is 20.1 Å². The first-order valence-electron chi connectivity index (χ1n) is 8.36. The van der Waals surface area contributed by atoms with E-state index in [0.29, 0.717) is 42.0 Å². The molecule has 6 nitrogen and oxygen atoms in total. The summed E-state index contributed by atoms with van der Waals surface area (Å²) in [5.74, 6) is 1.25. The van der Waals surface area contributed by atoms with E-state index in [0.717, 1.165) is 0 Å². The third-order valence-corrected chi connectivity index (χ3v) is 3.52. The fourth-order valence-electron chi connectivity index (χ4n) is 2.16. The highest BCUT2D eigenvalue weighted by Gasteiger charge is 2.10. The van der Waals surface area contributed by atoms with E-state index in [2.05, 4.69) is 25.3 Å². The van der Waals surface area contributed by atoms with E-state index in [1.54, 1.807) is 24.5 Å². The van der Waals surface area contributed by atoms with E-state index in [9.17, 15) is 8.78 Å². The van der Waals surface area contributed by atoms with Crippen molar-refractivity contribution in [1.82, 2.24) is 15.6 Å². The maximum Gasteiger partial charge on any atom is 0.387 e. The molecule has 0 aliphatic rings. The van der Waals surface area contributed by atoms with Crippen LogP contribution in [0.25, 0.3) is 0 Å². The van der Waals surface area contributed by atoms with Gasteiger partial charge in [-0.2, -0.15) is 8.78 Å². The van der Waals surface area contributed by atoms with Crippen molar-refractivity contribution < 1.29 is 18.3 Å². The zero-order valence-electron chi connectivity index (χ0n) is 14.8. The van der Waals surface area contributed by atoms with E-state index in [1.807, 2.05) is 13.0 Å². The largest absolute Gasteiger partial charge is 0.490 e. The fraction of sp³-hybridized carbons (Fsp3) is 0.333. The number of aromatic nitrogens is 1. The number of hydrogen-bond donors (Lipinski definition) is 2. The Labute approximate surface area is 161 Å². The molecular formula is C18H21ClF2N4O2. The topological polar surface area (TPSA) is 67.8 Å². The molecule has 9 heteroatoms. The first kappa shape index (κ1) is 20.7. The molecule has 0 saturated carbocycles. The Bertz CT molecular complexity index is 733. The summed E-state index contributed by atoms with van der Waals surface area (Å²) < 4.78 is 35.1. The van der Waals surface area contributed by atoms with Gasteiger partial charge in [0.1, 0.15) is 18.1 Å². The summed E-state index contributed by atoms with van der Waals surface area (Å²) in [5.41, 5.74) is 0.464. The van der Waals surface area contributed by atoms with Gasteiger partial charge in [-0.25, -0.2) is 4.99 Å². The normalized spacial score (nSPS) is 11.4. The summed E-state index contributed by atoms with van der Waals surface area (Å²) in [6, 6.07) is 8.05. The summed E-state index contributed by atoms with van der Waals surface area (Å²) in [7, 11) is 0. The van der Waals surface area contributed by atoms with Crippen LogP contribution in [0.15, 0.2) is 47.7 Å². The highest BCUT2D eigenvalue weighted by molar-refractivity contribution is 6.30. The number of rotatable bonds is 9. The van der Waals surface area contributed by atoms with Crippen LogP contribution in [-0.2, 0) is 6.54 Å². The minimum Gasteiger partial charge on any atom is -0.490 e. The monoisotopic (exact) mass is 398 g/mol. The molecule has 27 heavy (non-hydrogen) atoms. The summed E-state index contributed by atoms with van der Waals surface area (Å²) >= 11 is 5.95. The van der Waals surface area contributed by atoms with Crippen molar-refractivity contribution in [3.05, 3.63) is 53.3 Å². The number of guanidine groups is 1. The average Bonchev–Trinajstić information content (AvgIpc) is 2.65. The lowest BCUT2D eigenvalue weighted by Gasteiger charge is -2.13. The predicted molar refractivity (Wildman–Crippen MR) is 101 cm³/mol. The van der Waals surface area contributed by atoms with Gasteiger partial charge >= 0.3 is 6.61 Å². The van der Waals surface area contributed by atoms with Gasteiger partial charge in [0.05, 0.1) is 19.3 Å². The third kappa shape index (κ3) is 7.65. The van der Waals surface area contributed by atoms with Crippen LogP contribution in [0.1, 0.15) is 12.5 Å². The summed E-state index contributed by atoms with van der Waals surface area (Å²) in [6.07, 6.45) is 3.30. The van der Waals surface area contributed by atoms with Crippen molar-refractivity contribution >= 4 is 17.6 Å². The molecule has 1 aromatic heterocycles. The van der Waals surface area contributed by atoms with Crippen molar-refractivity contribution in [1.29, 1.82) is 0 Å². The van der Waals surface area contributed by atoms with Crippen LogP contribution >= 0.6 is 11.6 Å². The van der Waals surface area contributed by atoms with Gasteiger partial charge in [-0.15, -0.1) is 0 Å². The molecule has 2 N–H and O–H groups in total. The smallest absolute Gasteiger partial charge is 0.387 e. The maximum absolute atomic E-state index is 12.5. The lowest BCUT2D eigenvalue weighted by Crippen LogP contribution is -2.39. The number of nitrogens with zero attached hydrogens (tertiary/aromatic N) is 2. The number of aliphatic imine (C=N–C) groups is 1. The summed E-state index contributed by atoms with van der Waals surface area (Å²) in [6.45, 7) is 0.689. The SMILES string of the molecule is CCNC(=NCc1cc(Cl)ccc1OC(F)F)NCCOc1cccnc1. The van der Waals surface area contributed by atoms with E-state index in [-0.39, 0.29) is 12.3 Å². The van der Waals surface area contributed by atoms with Crippen LogP contribution in [-0.4, -0.2) is 37.3 Å². The van der Waals surface area contributed by atoms with E-state index < -0.39 is 6.61 Å². The number of alkyl halides is 2. The predicted octanol–water partition coefficient (Wildman–Crippen LogP) is 3.47. The van der Waals surface area contributed by atoms with Gasteiger partial charge in [-0.05, 0) is 37.3 Å². The summed E-state index contributed by atoms with van der Waals surface area (Å²) in [5, 5.41) is 6.60. The molecule has 146 valence electrons. The number of ether oxygens (including phenoxy) is 2. The minimum absolute atomic E-state index is 0.0499. The first-order valence-corrected chi connectivity index (χ1v) is 8.74. The Morgan fingerprint density at radius 3 is 2.85 bits per heavy atom. The lowest BCUT2D eigenvalue weighted by molar-refractivity contribution is -0.0504. The van der Waals surface area contributed by atoms with Crippen molar-refractivity contribution in [2.75, 3.05) is 19.7 Å². The van der Waals surface area contributed by atoms with Crippen molar-refractivity contribution in [3.63, 3.8) is 0 Å². The van der Waals surface area contributed by atoms with E-state index in [4.69, 9.17) is 16.3 Å². The Morgan fingerprint density at radius 2 is 2.15 bits per heavy atom. The van der Waals surface area contributed by atoms with Crippen LogP contribution in [0.5, 0.6) is 11.5 Å². The Hall–Kier alpha value is -2.61. The molecule has 1 heterocycles. The standard InChI is InChI=1S/C18H21ClF2N4O2/c1-2-23-18(24-8-9-26-15-4-3-7-22-12-15)25-11-13-10-14(19)5-6-16(13)27-17(20)21/h3-7,10,12,17H,2,8-9,11H2,1H3,(H2,23,24,25). The van der Waals surface area contributed by atoms with Crippen LogP contribution in [0, 0.1) is 0 Å². The van der Waals surface area contributed by atoms with Crippen LogP contribution in [0.2, 0.25) is 5.02 Å². The molecule has 0 radical (unpaired) electrons. The molecule has 0 spiro atoms. The van der Waals surface area contributed by atoms with E-state index >= 15 is 0 Å². The molecule has 0 fully saturated rings. The van der Waals surface area contributed by atoms with Gasteiger partial charge in [0.2, 0.25) is 0 Å². The third-order valence-electron chi connectivity index (χ3n) is 3.29. The fourth-order valence-corrected chi connectivity index (χ4v) is 2.35. The quantitative estimate of drug-likeness (QED) is 0.384. The molecule has 0 aliphatic carbocycles. The highest BCUT2D eigenvalue weighted by atomic mass is 35.5. The number of benzene rings is 1. The summed E-state index contributed by atoms with van der Waals surface area (Å²) in [4.78, 5) is 8.35. The molecular weight excluding hydrogens is 378 g/mol. The number of pyridine rings is 1. The molecule has 0 aliphatic heterocycles. The average molecular weight is 399 g/mol. The highest BCUT2D eigenvalue weighted by Crippen LogP contribution is 2.25. The molecule has 0 bridgehead atoms. The zero-order chi connectivity index (χ0) is 19.5. The van der Waals surface area contributed by atoms with Crippen molar-refractivity contribution in [2.45, 2.75) is 20.1 Å². The van der Waals surface area contributed by atoms with Crippen LogP contribution in [0.4, 0.5) is 8.78 Å². The Kier molecular flexibility index (Phi) is 8.57. The molecule has 2 rings (SSSR count). The van der Waals surface area contributed by atoms with Gasteiger partial charge in [0.25, 0.3) is 0 Å². The Morgan fingerprint density at radius 1 is 1.30 bits per heavy atom. The molecule has 0 atom stereocenters. The number of halogens is 3. The van der Waals surface area contributed by atoms with Gasteiger partial charge < -0.3 is 20.1 Å². The van der Waals surface area contributed by atoms with Crippen molar-refractivity contribution in [3.8, 4) is 11.5 Å². The molecule has 0 amide bonds. The minimum atomic E-state index is -2.91. The second kappa shape index (κ2) is 11.2. The van der Waals surface area contributed by atoms with E-state index in [1.165, 1.54) is 12.1 Å². The molecule has 2 aromatic rings. The van der Waals surface area contributed by atoms with Gasteiger partial charge in [-0.1, -0.05) is 11.6 Å². The number of hydrogen-bond acceptors (Lipinski definition) is 4. The Balaban J connectivity index is 1.93. The maximum atomic E-state index is 12.5. The van der Waals surface area contributed by atoms with Crippen molar-refractivity contribution in [2.24, 2.45) is 4.99 Å². The van der Waals surface area contributed by atoms with Gasteiger partial charge in [-0.3, -0.25) is 4.98 Å². The lowest BCUT2D eigenvalue weighted by atomic mass is 10.2. The first-order chi connectivity index (χ1) is 13.1. The second-order valence-corrected chi connectivity index (χ2v) is 5.73. The molecule has 0 saturated heterocycles. The van der Waals surface area contributed by atoms with Gasteiger partial charge in [0, 0.05) is 23.3 Å². The molecule has 1 aromatic carbocycles. The van der Waals surface area contributed by atoms with Crippen LogP contribution in [0.3, 0.4) is 0 Å². The number of nitrogens with one attached hydrogen (secondary N) is 2. The second-order valence-electron chi connectivity index (χ2n) is 5.29. The molecule has 0 unspecified atom stereocenters. The van der Waals surface area contributed by atoms with Gasteiger partial charge in [0.15, 0.2) is 5.96 Å².